The van der Waals surface area contributed by atoms with Gasteiger partial charge in [0.1, 0.15) is 0 Å². The number of anilines is 2. The van der Waals surface area contributed by atoms with Gasteiger partial charge in [-0.1, -0.05) is 0 Å². The topological polar surface area (TPSA) is 78.6 Å². The van der Waals surface area contributed by atoms with E-state index in [1.54, 1.807) is 19.2 Å². The fourth-order valence-corrected chi connectivity index (χ4v) is 2.38. The first-order valence-corrected chi connectivity index (χ1v) is 6.66. The molecule has 0 unspecified atom stereocenters. The van der Waals surface area contributed by atoms with Gasteiger partial charge < -0.3 is 21.1 Å². The first kappa shape index (κ1) is 13.7. The number of rotatable bonds is 5. The molecule has 19 heavy (non-hydrogen) atoms. The lowest BCUT2D eigenvalue weighted by molar-refractivity contribution is 0.0963. The number of aliphatic hydroxyl groups is 1. The van der Waals surface area contributed by atoms with Gasteiger partial charge in [0.05, 0.1) is 18.0 Å². The van der Waals surface area contributed by atoms with Gasteiger partial charge in [0.2, 0.25) is 0 Å². The Hall–Kier alpha value is -1.75. The molecular formula is C14H21N3O2. The van der Waals surface area contributed by atoms with Crippen LogP contribution in [0.15, 0.2) is 18.2 Å². The third-order valence-electron chi connectivity index (χ3n) is 3.69. The van der Waals surface area contributed by atoms with E-state index in [1.165, 1.54) is 6.42 Å². The van der Waals surface area contributed by atoms with Crippen LogP contribution < -0.4 is 16.0 Å². The molecule has 0 bridgehead atoms. The fraction of sp³-hybridized carbons (Fsp3) is 0.500. The van der Waals surface area contributed by atoms with Gasteiger partial charge in [-0.3, -0.25) is 4.79 Å². The van der Waals surface area contributed by atoms with Crippen LogP contribution in [0.5, 0.6) is 0 Å². The molecule has 1 aromatic rings. The predicted molar refractivity (Wildman–Crippen MR) is 76.3 cm³/mol. The van der Waals surface area contributed by atoms with Gasteiger partial charge in [-0.15, -0.1) is 0 Å². The average Bonchev–Trinajstić information content (AvgIpc) is 2.36. The summed E-state index contributed by atoms with van der Waals surface area (Å²) < 4.78 is 0. The summed E-state index contributed by atoms with van der Waals surface area (Å²) in [5.41, 5.74) is 8.11. The zero-order valence-electron chi connectivity index (χ0n) is 11.2. The Kier molecular flexibility index (Phi) is 4.27. The number of aliphatic hydroxyl groups excluding tert-OH is 1. The van der Waals surface area contributed by atoms with Gasteiger partial charge >= 0.3 is 0 Å². The van der Waals surface area contributed by atoms with E-state index in [4.69, 9.17) is 5.73 Å². The zero-order chi connectivity index (χ0) is 13.8. The summed E-state index contributed by atoms with van der Waals surface area (Å²) >= 11 is 0. The number of nitrogens with two attached hydrogens (primary N) is 1. The number of carbonyl (C=O) groups is 1. The Bertz CT molecular complexity index is 458. The van der Waals surface area contributed by atoms with Crippen molar-refractivity contribution in [3.8, 4) is 0 Å². The van der Waals surface area contributed by atoms with Crippen molar-refractivity contribution in [3.63, 3.8) is 0 Å². The maximum absolute atomic E-state index is 11.7. The molecule has 4 N–H and O–H groups in total. The van der Waals surface area contributed by atoms with Crippen molar-refractivity contribution in [3.05, 3.63) is 23.8 Å². The minimum Gasteiger partial charge on any atom is -0.397 e. The van der Waals surface area contributed by atoms with Crippen LogP contribution >= 0.6 is 0 Å². The molecule has 1 fully saturated rings. The second kappa shape index (κ2) is 5.93. The first-order chi connectivity index (χ1) is 9.17. The van der Waals surface area contributed by atoms with Gasteiger partial charge in [0, 0.05) is 25.2 Å². The molecule has 0 aromatic heterocycles. The van der Waals surface area contributed by atoms with Crippen LogP contribution in [0.3, 0.4) is 0 Å². The van der Waals surface area contributed by atoms with E-state index in [0.717, 1.165) is 18.5 Å². The van der Waals surface area contributed by atoms with Gasteiger partial charge in [-0.05, 0) is 37.5 Å². The second-order valence-electron chi connectivity index (χ2n) is 4.85. The fourth-order valence-electron chi connectivity index (χ4n) is 2.38. The predicted octanol–water partition coefficient (Wildman–Crippen LogP) is 0.980. The van der Waals surface area contributed by atoms with Crippen LogP contribution in [0, 0.1) is 0 Å². The molecule has 0 aliphatic heterocycles. The molecule has 0 radical (unpaired) electrons. The molecule has 2 rings (SSSR count). The Morgan fingerprint density at radius 3 is 2.79 bits per heavy atom. The number of nitrogen functional groups attached to an aromatic ring is 1. The number of hydrogen-bond acceptors (Lipinski definition) is 4. The van der Waals surface area contributed by atoms with E-state index >= 15 is 0 Å². The minimum absolute atomic E-state index is 0.0835. The van der Waals surface area contributed by atoms with E-state index in [1.807, 2.05) is 6.07 Å². The lowest BCUT2D eigenvalue weighted by Crippen LogP contribution is -2.42. The molecule has 1 aliphatic rings. The lowest BCUT2D eigenvalue weighted by Gasteiger charge is -2.39. The number of amides is 1. The maximum atomic E-state index is 11.7. The van der Waals surface area contributed by atoms with Crippen LogP contribution in [0.4, 0.5) is 11.4 Å². The summed E-state index contributed by atoms with van der Waals surface area (Å²) in [4.78, 5) is 13.8. The highest BCUT2D eigenvalue weighted by atomic mass is 16.3. The summed E-state index contributed by atoms with van der Waals surface area (Å²) in [5.74, 6) is -0.126. The standard InChI is InChI=1S/C14H21N3O2/c1-16-14(19)10-5-6-12(15)13(9-10)17(7-8-18)11-3-2-4-11/h5-6,9,11,18H,2-4,7-8,15H2,1H3,(H,16,19). The largest absolute Gasteiger partial charge is 0.397 e. The van der Waals surface area contributed by atoms with Gasteiger partial charge in [0.25, 0.3) is 5.91 Å². The highest BCUT2D eigenvalue weighted by Crippen LogP contribution is 2.33. The number of hydrogen-bond donors (Lipinski definition) is 3. The van der Waals surface area contributed by atoms with Gasteiger partial charge in [-0.2, -0.15) is 0 Å². The molecule has 0 heterocycles. The van der Waals surface area contributed by atoms with Crippen molar-refractivity contribution in [2.45, 2.75) is 25.3 Å². The van der Waals surface area contributed by atoms with Crippen molar-refractivity contribution >= 4 is 17.3 Å². The summed E-state index contributed by atoms with van der Waals surface area (Å²) in [6.07, 6.45) is 3.44. The smallest absolute Gasteiger partial charge is 0.251 e. The van der Waals surface area contributed by atoms with Crippen molar-refractivity contribution in [2.24, 2.45) is 0 Å². The zero-order valence-corrected chi connectivity index (χ0v) is 11.2. The van der Waals surface area contributed by atoms with Crippen molar-refractivity contribution < 1.29 is 9.90 Å². The highest BCUT2D eigenvalue weighted by molar-refractivity contribution is 5.96. The number of nitrogens with one attached hydrogen (secondary N) is 1. The Morgan fingerprint density at radius 1 is 1.53 bits per heavy atom. The lowest BCUT2D eigenvalue weighted by atomic mass is 9.90. The van der Waals surface area contributed by atoms with Crippen molar-refractivity contribution in [2.75, 3.05) is 30.8 Å². The Balaban J connectivity index is 2.31. The van der Waals surface area contributed by atoms with Crippen LogP contribution in [0.25, 0.3) is 0 Å². The van der Waals surface area contributed by atoms with Crippen LogP contribution in [-0.2, 0) is 0 Å². The molecule has 0 spiro atoms. The van der Waals surface area contributed by atoms with Crippen molar-refractivity contribution in [1.82, 2.24) is 5.32 Å². The van der Waals surface area contributed by atoms with E-state index in [9.17, 15) is 9.90 Å². The molecule has 1 aromatic carbocycles. The second-order valence-corrected chi connectivity index (χ2v) is 4.85. The average molecular weight is 263 g/mol. The minimum atomic E-state index is -0.126. The quantitative estimate of drug-likeness (QED) is 0.692. The van der Waals surface area contributed by atoms with Crippen LogP contribution in [0.2, 0.25) is 0 Å². The van der Waals surface area contributed by atoms with E-state index in [0.29, 0.717) is 23.8 Å². The monoisotopic (exact) mass is 263 g/mol. The molecule has 5 nitrogen and oxygen atoms in total. The number of nitrogens with zero attached hydrogens (tertiary/aromatic N) is 1. The SMILES string of the molecule is CNC(=O)c1ccc(N)c(N(CCO)C2CCC2)c1. The first-order valence-electron chi connectivity index (χ1n) is 6.66. The Morgan fingerprint density at radius 2 is 2.26 bits per heavy atom. The summed E-state index contributed by atoms with van der Waals surface area (Å²) in [6.45, 7) is 0.631. The van der Waals surface area contributed by atoms with Gasteiger partial charge in [-0.25, -0.2) is 0 Å². The third kappa shape index (κ3) is 2.81. The molecule has 0 atom stereocenters. The van der Waals surface area contributed by atoms with Gasteiger partial charge in [0.15, 0.2) is 0 Å². The number of benzene rings is 1. The van der Waals surface area contributed by atoms with E-state index < -0.39 is 0 Å². The van der Waals surface area contributed by atoms with E-state index in [-0.39, 0.29) is 12.5 Å². The Labute approximate surface area is 113 Å². The molecular weight excluding hydrogens is 242 g/mol. The summed E-state index contributed by atoms with van der Waals surface area (Å²) in [7, 11) is 1.61. The molecule has 1 aliphatic carbocycles. The molecule has 0 saturated heterocycles. The molecule has 1 amide bonds. The molecule has 104 valence electrons. The highest BCUT2D eigenvalue weighted by Gasteiger charge is 2.26. The third-order valence-corrected chi connectivity index (χ3v) is 3.69. The summed E-state index contributed by atoms with van der Waals surface area (Å²) in [5, 5.41) is 11.8. The molecule has 1 saturated carbocycles. The van der Waals surface area contributed by atoms with Crippen molar-refractivity contribution in [1.29, 1.82) is 0 Å². The molecule has 5 heteroatoms. The van der Waals surface area contributed by atoms with E-state index in [2.05, 4.69) is 10.2 Å². The number of carbonyl (C=O) groups excluding carboxylic acids is 1. The summed E-state index contributed by atoms with van der Waals surface area (Å²) in [6, 6.07) is 5.70. The van der Waals surface area contributed by atoms with Crippen LogP contribution in [-0.4, -0.2) is 37.3 Å². The van der Waals surface area contributed by atoms with Crippen LogP contribution in [0.1, 0.15) is 29.6 Å². The maximum Gasteiger partial charge on any atom is 0.251 e. The normalized spacial score (nSPS) is 14.8.